The molecule has 2 unspecified atom stereocenters. The Kier molecular flexibility index (Phi) is 4.14. The third kappa shape index (κ3) is 2.95. The van der Waals surface area contributed by atoms with E-state index in [1.165, 1.54) is 12.1 Å². The van der Waals surface area contributed by atoms with E-state index in [2.05, 4.69) is 0 Å². The Labute approximate surface area is 155 Å². The first-order chi connectivity index (χ1) is 13.0. The highest BCUT2D eigenvalue weighted by Crippen LogP contribution is 2.37. The molecule has 0 saturated heterocycles. The molecule has 7 heteroatoms. The lowest BCUT2D eigenvalue weighted by atomic mass is 10.0. The van der Waals surface area contributed by atoms with Crippen molar-refractivity contribution in [2.45, 2.75) is 31.8 Å². The number of carbonyl (C=O) groups excluding carboxylic acids is 1. The Hall–Kier alpha value is -3.22. The first-order valence-electron chi connectivity index (χ1n) is 8.87. The van der Waals surface area contributed by atoms with Gasteiger partial charge in [0, 0.05) is 30.3 Å². The summed E-state index contributed by atoms with van der Waals surface area (Å²) in [5.41, 5.74) is 3.09. The lowest BCUT2D eigenvalue weighted by Gasteiger charge is -2.27. The minimum absolute atomic E-state index is 0.0168. The van der Waals surface area contributed by atoms with Crippen molar-refractivity contribution < 1.29 is 19.6 Å². The van der Waals surface area contributed by atoms with Crippen LogP contribution in [0.1, 0.15) is 35.2 Å². The molecule has 2 aromatic rings. The highest BCUT2D eigenvalue weighted by Gasteiger charge is 2.42. The number of nitro groups is 1. The molecule has 138 valence electrons. The van der Waals surface area contributed by atoms with Crippen molar-refractivity contribution in [3.05, 3.63) is 63.7 Å². The second kappa shape index (κ2) is 6.50. The number of non-ortho nitro benzene ring substituents is 1. The first-order valence-corrected chi connectivity index (χ1v) is 8.87. The summed E-state index contributed by atoms with van der Waals surface area (Å²) in [6, 6.07) is 11.5. The van der Waals surface area contributed by atoms with Gasteiger partial charge in [-0.2, -0.15) is 0 Å². The molecule has 1 heterocycles. The number of carboxylic acid groups (broad SMARTS) is 1. The Bertz CT molecular complexity index is 938. The van der Waals surface area contributed by atoms with Gasteiger partial charge in [0.15, 0.2) is 0 Å². The summed E-state index contributed by atoms with van der Waals surface area (Å²) in [5.74, 6) is -1.47. The summed E-state index contributed by atoms with van der Waals surface area (Å²) in [7, 11) is 0. The highest BCUT2D eigenvalue weighted by atomic mass is 16.6. The molecule has 0 spiro atoms. The quantitative estimate of drug-likeness (QED) is 0.659. The molecule has 2 aromatic carbocycles. The van der Waals surface area contributed by atoms with Crippen molar-refractivity contribution in [3.8, 4) is 11.1 Å². The van der Waals surface area contributed by atoms with Gasteiger partial charge in [0.2, 0.25) is 0 Å². The van der Waals surface area contributed by atoms with Crippen molar-refractivity contribution in [3.63, 3.8) is 0 Å². The summed E-state index contributed by atoms with van der Waals surface area (Å²) in [5, 5.41) is 20.2. The molecule has 1 amide bonds. The molecule has 1 fully saturated rings. The number of benzene rings is 2. The van der Waals surface area contributed by atoms with Crippen LogP contribution in [0.25, 0.3) is 11.1 Å². The van der Waals surface area contributed by atoms with Crippen LogP contribution >= 0.6 is 0 Å². The lowest BCUT2D eigenvalue weighted by Crippen LogP contribution is -2.40. The molecule has 0 bridgehead atoms. The monoisotopic (exact) mass is 366 g/mol. The zero-order chi connectivity index (χ0) is 19.1. The molecule has 1 aliphatic carbocycles. The van der Waals surface area contributed by atoms with Gasteiger partial charge >= 0.3 is 5.97 Å². The molecule has 1 N–H and O–H groups in total. The summed E-state index contributed by atoms with van der Waals surface area (Å²) >= 11 is 0. The lowest BCUT2D eigenvalue weighted by molar-refractivity contribution is -0.384. The van der Waals surface area contributed by atoms with Gasteiger partial charge in [-0.1, -0.05) is 18.6 Å². The molecule has 0 radical (unpaired) electrons. The van der Waals surface area contributed by atoms with E-state index in [0.29, 0.717) is 24.9 Å². The van der Waals surface area contributed by atoms with E-state index in [4.69, 9.17) is 0 Å². The van der Waals surface area contributed by atoms with Gasteiger partial charge in [0.25, 0.3) is 11.6 Å². The Morgan fingerprint density at radius 3 is 2.48 bits per heavy atom. The van der Waals surface area contributed by atoms with Gasteiger partial charge in [-0.3, -0.25) is 19.7 Å². The maximum absolute atomic E-state index is 12.9. The van der Waals surface area contributed by atoms with E-state index in [1.54, 1.807) is 23.1 Å². The van der Waals surface area contributed by atoms with E-state index in [-0.39, 0.29) is 17.6 Å². The van der Waals surface area contributed by atoms with Gasteiger partial charge in [-0.25, -0.2) is 0 Å². The number of carbonyl (C=O) groups is 2. The topological polar surface area (TPSA) is 101 Å². The molecule has 2 aliphatic rings. The fourth-order valence-corrected chi connectivity index (χ4v) is 4.15. The van der Waals surface area contributed by atoms with Gasteiger partial charge in [-0.05, 0) is 47.7 Å². The molecular weight excluding hydrogens is 348 g/mol. The van der Waals surface area contributed by atoms with Crippen LogP contribution in [0.2, 0.25) is 0 Å². The summed E-state index contributed by atoms with van der Waals surface area (Å²) < 4.78 is 0. The normalized spacial score (nSPS) is 21.3. The fraction of sp³-hybridized carbons (Fsp3) is 0.300. The van der Waals surface area contributed by atoms with Crippen molar-refractivity contribution >= 4 is 17.6 Å². The number of hydrogen-bond donors (Lipinski definition) is 1. The molecule has 27 heavy (non-hydrogen) atoms. The second-order valence-corrected chi connectivity index (χ2v) is 7.05. The van der Waals surface area contributed by atoms with Crippen LogP contribution in [0.15, 0.2) is 42.5 Å². The number of carboxylic acids is 1. The Balaban J connectivity index is 1.61. The first kappa shape index (κ1) is 17.2. The van der Waals surface area contributed by atoms with E-state index in [1.807, 2.05) is 12.1 Å². The van der Waals surface area contributed by atoms with Crippen LogP contribution in [0, 0.1) is 16.0 Å². The highest BCUT2D eigenvalue weighted by molar-refractivity contribution is 6.00. The van der Waals surface area contributed by atoms with Crippen LogP contribution in [-0.2, 0) is 11.3 Å². The molecular formula is C20H18N2O5. The molecule has 0 aromatic heterocycles. The van der Waals surface area contributed by atoms with Gasteiger partial charge < -0.3 is 10.0 Å². The number of aliphatic carboxylic acids is 1. The predicted molar refractivity (Wildman–Crippen MR) is 97.2 cm³/mol. The van der Waals surface area contributed by atoms with Crippen molar-refractivity contribution in [1.82, 2.24) is 4.90 Å². The van der Waals surface area contributed by atoms with Crippen LogP contribution in [-0.4, -0.2) is 32.8 Å². The van der Waals surface area contributed by atoms with Gasteiger partial charge in [-0.15, -0.1) is 0 Å². The van der Waals surface area contributed by atoms with Crippen molar-refractivity contribution in [2.75, 3.05) is 0 Å². The zero-order valence-electron chi connectivity index (χ0n) is 14.5. The molecule has 4 rings (SSSR count). The zero-order valence-corrected chi connectivity index (χ0v) is 14.5. The molecule has 7 nitrogen and oxygen atoms in total. The smallest absolute Gasteiger partial charge is 0.308 e. The average molecular weight is 366 g/mol. The number of nitro benzene ring substituents is 1. The molecule has 2 atom stereocenters. The molecule has 1 saturated carbocycles. The van der Waals surface area contributed by atoms with Crippen molar-refractivity contribution in [2.24, 2.45) is 5.92 Å². The Morgan fingerprint density at radius 1 is 1.11 bits per heavy atom. The maximum atomic E-state index is 12.9. The van der Waals surface area contributed by atoms with Gasteiger partial charge in [0.05, 0.1) is 10.8 Å². The van der Waals surface area contributed by atoms with Crippen molar-refractivity contribution in [1.29, 1.82) is 0 Å². The SMILES string of the molecule is O=C(O)C1CCCC1N1Cc2ccc(-c3ccc([N+](=O)[O-])cc3)cc2C1=O. The summed E-state index contributed by atoms with van der Waals surface area (Å²) in [6.45, 7) is 0.434. The Morgan fingerprint density at radius 2 is 1.81 bits per heavy atom. The number of amides is 1. The number of fused-ring (bicyclic) bond motifs is 1. The third-order valence-corrected chi connectivity index (χ3v) is 5.55. The van der Waals surface area contributed by atoms with E-state index in [9.17, 15) is 24.8 Å². The van der Waals surface area contributed by atoms with Gasteiger partial charge in [0.1, 0.15) is 0 Å². The van der Waals surface area contributed by atoms with E-state index >= 15 is 0 Å². The van der Waals surface area contributed by atoms with E-state index in [0.717, 1.165) is 23.1 Å². The largest absolute Gasteiger partial charge is 0.481 e. The predicted octanol–water partition coefficient (Wildman–Crippen LogP) is 3.47. The summed E-state index contributed by atoms with van der Waals surface area (Å²) in [6.07, 6.45) is 2.13. The number of nitrogens with zero attached hydrogens (tertiary/aromatic N) is 2. The van der Waals surface area contributed by atoms with Crippen LogP contribution in [0.5, 0.6) is 0 Å². The number of rotatable bonds is 4. The summed E-state index contributed by atoms with van der Waals surface area (Å²) in [4.78, 5) is 36.4. The average Bonchev–Trinajstić information content (AvgIpc) is 3.26. The minimum atomic E-state index is -0.840. The second-order valence-electron chi connectivity index (χ2n) is 7.05. The fourth-order valence-electron chi connectivity index (χ4n) is 4.15. The van der Waals surface area contributed by atoms with Crippen LogP contribution in [0.3, 0.4) is 0 Å². The molecule has 1 aliphatic heterocycles. The minimum Gasteiger partial charge on any atom is -0.481 e. The van der Waals surface area contributed by atoms with Crippen LogP contribution in [0.4, 0.5) is 5.69 Å². The number of hydrogen-bond acceptors (Lipinski definition) is 4. The maximum Gasteiger partial charge on any atom is 0.308 e. The van der Waals surface area contributed by atoms with E-state index < -0.39 is 16.8 Å². The van der Waals surface area contributed by atoms with Crippen LogP contribution < -0.4 is 0 Å². The third-order valence-electron chi connectivity index (χ3n) is 5.55. The standard InChI is InChI=1S/C20H18N2O5/c23-19-17-10-13(12-6-8-15(9-7-12)22(26)27)4-5-14(17)11-21(19)18-3-1-2-16(18)20(24)25/h4-10,16,18H,1-3,11H2,(H,24,25).